The molecule has 3 heterocycles. The Morgan fingerprint density at radius 3 is 2.75 bits per heavy atom. The van der Waals surface area contributed by atoms with E-state index in [0.717, 1.165) is 31.7 Å². The maximum Gasteiger partial charge on any atom is 0.339 e. The van der Waals surface area contributed by atoms with Crippen molar-refractivity contribution in [3.05, 3.63) is 23.9 Å². The first-order valence-electron chi connectivity index (χ1n) is 8.17. The highest BCUT2D eigenvalue weighted by atomic mass is 16.5. The first-order valence-corrected chi connectivity index (χ1v) is 8.17. The standard InChI is InChI=1S/C17H23N3O4/c1-23-10-9-19-7-5-17(16(19)22)6-8-20(12-17)14-4-3-13(11-18-14)15(21)24-2/h3-4,11H,5-10,12H2,1-2H3. The van der Waals surface area contributed by atoms with E-state index in [0.29, 0.717) is 25.3 Å². The zero-order chi connectivity index (χ0) is 17.2. The van der Waals surface area contributed by atoms with Crippen molar-refractivity contribution in [3.63, 3.8) is 0 Å². The number of aromatic nitrogens is 1. The Kier molecular flexibility index (Phi) is 4.71. The Bertz CT molecular complexity index is 619. The van der Waals surface area contributed by atoms with E-state index in [9.17, 15) is 9.59 Å². The Labute approximate surface area is 141 Å². The molecule has 7 heteroatoms. The smallest absolute Gasteiger partial charge is 0.339 e. The Morgan fingerprint density at radius 1 is 1.29 bits per heavy atom. The van der Waals surface area contributed by atoms with Crippen molar-refractivity contribution >= 4 is 17.7 Å². The fourth-order valence-electron chi connectivity index (χ4n) is 3.57. The van der Waals surface area contributed by atoms with Gasteiger partial charge in [0.15, 0.2) is 0 Å². The van der Waals surface area contributed by atoms with Crippen LogP contribution < -0.4 is 4.90 Å². The van der Waals surface area contributed by atoms with Crippen molar-refractivity contribution < 1.29 is 19.1 Å². The fraction of sp³-hybridized carbons (Fsp3) is 0.588. The van der Waals surface area contributed by atoms with E-state index in [1.807, 2.05) is 11.0 Å². The van der Waals surface area contributed by atoms with Gasteiger partial charge in [-0.1, -0.05) is 0 Å². The van der Waals surface area contributed by atoms with Crippen LogP contribution >= 0.6 is 0 Å². The number of carbonyl (C=O) groups excluding carboxylic acids is 2. The molecule has 3 rings (SSSR count). The van der Waals surface area contributed by atoms with E-state index < -0.39 is 5.97 Å². The number of nitrogens with zero attached hydrogens (tertiary/aromatic N) is 3. The first-order chi connectivity index (χ1) is 11.6. The second kappa shape index (κ2) is 6.76. The van der Waals surface area contributed by atoms with Gasteiger partial charge in [-0.15, -0.1) is 0 Å². The van der Waals surface area contributed by atoms with E-state index in [2.05, 4.69) is 14.6 Å². The van der Waals surface area contributed by atoms with Crippen molar-refractivity contribution in [1.29, 1.82) is 0 Å². The molecule has 2 aliphatic heterocycles. The third-order valence-electron chi connectivity index (χ3n) is 5.01. The van der Waals surface area contributed by atoms with E-state index in [1.54, 1.807) is 13.2 Å². The quantitative estimate of drug-likeness (QED) is 0.747. The van der Waals surface area contributed by atoms with Crippen molar-refractivity contribution in [3.8, 4) is 0 Å². The zero-order valence-corrected chi connectivity index (χ0v) is 14.2. The van der Waals surface area contributed by atoms with Gasteiger partial charge in [-0.25, -0.2) is 9.78 Å². The summed E-state index contributed by atoms with van der Waals surface area (Å²) in [6, 6.07) is 3.52. The molecule has 1 aromatic heterocycles. The molecule has 1 amide bonds. The highest BCUT2D eigenvalue weighted by Gasteiger charge is 2.50. The zero-order valence-electron chi connectivity index (χ0n) is 14.2. The predicted octanol–water partition coefficient (Wildman–Crippen LogP) is 0.943. The highest BCUT2D eigenvalue weighted by molar-refractivity contribution is 5.89. The number of ether oxygens (including phenoxy) is 2. The van der Waals surface area contributed by atoms with Crippen LogP contribution in [0.2, 0.25) is 0 Å². The molecule has 2 saturated heterocycles. The normalized spacial score (nSPS) is 23.3. The van der Waals surface area contributed by atoms with Crippen LogP contribution in [-0.2, 0) is 14.3 Å². The number of likely N-dealkylation sites (tertiary alicyclic amines) is 1. The number of carbonyl (C=O) groups is 2. The lowest BCUT2D eigenvalue weighted by Crippen LogP contribution is -2.38. The van der Waals surface area contributed by atoms with Gasteiger partial charge in [0, 0.05) is 39.5 Å². The van der Waals surface area contributed by atoms with Gasteiger partial charge in [-0.05, 0) is 25.0 Å². The van der Waals surface area contributed by atoms with Crippen LogP contribution in [0.3, 0.4) is 0 Å². The molecule has 0 saturated carbocycles. The lowest BCUT2D eigenvalue weighted by Gasteiger charge is -2.24. The fourth-order valence-corrected chi connectivity index (χ4v) is 3.57. The average molecular weight is 333 g/mol. The molecule has 0 N–H and O–H groups in total. The molecule has 2 aliphatic rings. The van der Waals surface area contributed by atoms with Gasteiger partial charge in [0.2, 0.25) is 5.91 Å². The molecule has 7 nitrogen and oxygen atoms in total. The number of hydrogen-bond donors (Lipinski definition) is 0. The topological polar surface area (TPSA) is 72.0 Å². The molecular formula is C17H23N3O4. The van der Waals surface area contributed by atoms with Crippen LogP contribution in [0.4, 0.5) is 5.82 Å². The number of pyridine rings is 1. The van der Waals surface area contributed by atoms with Gasteiger partial charge in [0.1, 0.15) is 5.82 Å². The third kappa shape index (κ3) is 2.96. The molecule has 24 heavy (non-hydrogen) atoms. The van der Waals surface area contributed by atoms with Gasteiger partial charge in [-0.2, -0.15) is 0 Å². The summed E-state index contributed by atoms with van der Waals surface area (Å²) in [4.78, 5) is 32.6. The van der Waals surface area contributed by atoms with Gasteiger partial charge in [0.05, 0.1) is 24.7 Å². The van der Waals surface area contributed by atoms with Gasteiger partial charge >= 0.3 is 5.97 Å². The molecule has 0 bridgehead atoms. The monoisotopic (exact) mass is 333 g/mol. The summed E-state index contributed by atoms with van der Waals surface area (Å²) in [5, 5.41) is 0. The summed E-state index contributed by atoms with van der Waals surface area (Å²) in [5.41, 5.74) is 0.133. The summed E-state index contributed by atoms with van der Waals surface area (Å²) in [6.45, 7) is 3.50. The summed E-state index contributed by atoms with van der Waals surface area (Å²) in [6.07, 6.45) is 3.25. The Hall–Kier alpha value is -2.15. The molecule has 1 atom stereocenters. The minimum atomic E-state index is -0.397. The van der Waals surface area contributed by atoms with E-state index in [4.69, 9.17) is 4.74 Å². The number of amides is 1. The molecule has 0 radical (unpaired) electrons. The molecule has 1 spiro atoms. The number of esters is 1. The van der Waals surface area contributed by atoms with Crippen LogP contribution in [0.1, 0.15) is 23.2 Å². The molecule has 1 aromatic rings. The molecular weight excluding hydrogens is 310 g/mol. The maximum absolute atomic E-state index is 12.8. The van der Waals surface area contributed by atoms with Crippen LogP contribution in [0.25, 0.3) is 0 Å². The van der Waals surface area contributed by atoms with Crippen LogP contribution in [0.5, 0.6) is 0 Å². The minimum absolute atomic E-state index is 0.230. The lowest BCUT2D eigenvalue weighted by molar-refractivity contribution is -0.135. The highest BCUT2D eigenvalue weighted by Crippen LogP contribution is 2.41. The first kappa shape index (κ1) is 16.7. The number of anilines is 1. The number of methoxy groups -OCH3 is 2. The largest absolute Gasteiger partial charge is 0.465 e. The summed E-state index contributed by atoms with van der Waals surface area (Å²) in [7, 11) is 3.00. The van der Waals surface area contributed by atoms with Crippen molar-refractivity contribution in [2.24, 2.45) is 5.41 Å². The molecule has 0 aromatic carbocycles. The van der Waals surface area contributed by atoms with Crippen molar-refractivity contribution in [2.75, 3.05) is 51.9 Å². The summed E-state index contributed by atoms with van der Waals surface area (Å²) in [5.74, 6) is 0.627. The second-order valence-corrected chi connectivity index (χ2v) is 6.38. The van der Waals surface area contributed by atoms with Crippen LogP contribution in [0.15, 0.2) is 18.3 Å². The second-order valence-electron chi connectivity index (χ2n) is 6.38. The average Bonchev–Trinajstić information content (AvgIpc) is 3.18. The van der Waals surface area contributed by atoms with Crippen molar-refractivity contribution in [1.82, 2.24) is 9.88 Å². The van der Waals surface area contributed by atoms with Crippen LogP contribution in [-0.4, -0.2) is 68.8 Å². The van der Waals surface area contributed by atoms with Gasteiger partial charge < -0.3 is 19.3 Å². The third-order valence-corrected chi connectivity index (χ3v) is 5.01. The lowest BCUT2D eigenvalue weighted by atomic mass is 9.85. The Morgan fingerprint density at radius 2 is 2.08 bits per heavy atom. The number of rotatable bonds is 5. The van der Waals surface area contributed by atoms with Gasteiger partial charge in [0.25, 0.3) is 0 Å². The summed E-state index contributed by atoms with van der Waals surface area (Å²) >= 11 is 0. The molecule has 2 fully saturated rings. The van der Waals surface area contributed by atoms with E-state index in [-0.39, 0.29) is 11.3 Å². The van der Waals surface area contributed by atoms with E-state index in [1.165, 1.54) is 13.3 Å². The number of hydrogen-bond acceptors (Lipinski definition) is 6. The predicted molar refractivity (Wildman–Crippen MR) is 87.9 cm³/mol. The molecule has 1 unspecified atom stereocenters. The van der Waals surface area contributed by atoms with Gasteiger partial charge in [-0.3, -0.25) is 4.79 Å². The van der Waals surface area contributed by atoms with Crippen LogP contribution in [0, 0.1) is 5.41 Å². The summed E-state index contributed by atoms with van der Waals surface area (Å²) < 4.78 is 9.76. The van der Waals surface area contributed by atoms with Crippen molar-refractivity contribution in [2.45, 2.75) is 12.8 Å². The Balaban J connectivity index is 1.67. The van der Waals surface area contributed by atoms with E-state index >= 15 is 0 Å². The molecule has 130 valence electrons. The molecule has 0 aliphatic carbocycles. The SMILES string of the molecule is COCCN1CCC2(CCN(c3ccc(C(=O)OC)cn3)C2)C1=O. The minimum Gasteiger partial charge on any atom is -0.465 e. The maximum atomic E-state index is 12.8.